The second-order valence-corrected chi connectivity index (χ2v) is 5.27. The van der Waals surface area contributed by atoms with E-state index in [4.69, 9.17) is 0 Å². The van der Waals surface area contributed by atoms with Crippen molar-refractivity contribution < 1.29 is 13.3 Å². The molecule has 0 aliphatic heterocycles. The van der Waals surface area contributed by atoms with E-state index < -0.39 is 7.68 Å². The third kappa shape index (κ3) is 4.22. The molecule has 1 aliphatic carbocycles. The summed E-state index contributed by atoms with van der Waals surface area (Å²) in [5, 5.41) is 0. The number of hydrogen-bond acceptors (Lipinski definition) is 2. The van der Waals surface area contributed by atoms with Crippen LogP contribution in [0.4, 0.5) is 4.20 Å². The third-order valence-electron chi connectivity index (χ3n) is 2.32. The van der Waals surface area contributed by atoms with Gasteiger partial charge in [-0.05, 0) is 12.3 Å². The second kappa shape index (κ2) is 4.38. The van der Waals surface area contributed by atoms with Gasteiger partial charge in [-0.3, -0.25) is 4.57 Å². The van der Waals surface area contributed by atoms with Crippen molar-refractivity contribution in [2.75, 3.05) is 13.3 Å². The molecule has 12 heavy (non-hydrogen) atoms. The van der Waals surface area contributed by atoms with Crippen molar-refractivity contribution in [1.82, 2.24) is 0 Å². The molecule has 1 atom stereocenters. The van der Waals surface area contributed by atoms with Gasteiger partial charge in [0.2, 0.25) is 0 Å². The van der Waals surface area contributed by atoms with E-state index in [0.717, 1.165) is 13.1 Å². The van der Waals surface area contributed by atoms with Crippen LogP contribution in [0.1, 0.15) is 32.1 Å². The van der Waals surface area contributed by atoms with Crippen molar-refractivity contribution in [3.05, 3.63) is 0 Å². The summed E-state index contributed by atoms with van der Waals surface area (Å²) in [5.74, 6) is 0.677. The molecule has 0 saturated heterocycles. The van der Waals surface area contributed by atoms with Gasteiger partial charge in [0.05, 0.1) is 6.61 Å². The van der Waals surface area contributed by atoms with Crippen LogP contribution in [-0.4, -0.2) is 13.3 Å². The van der Waals surface area contributed by atoms with E-state index in [1.807, 2.05) is 0 Å². The van der Waals surface area contributed by atoms with Crippen LogP contribution in [0.5, 0.6) is 0 Å². The van der Waals surface area contributed by atoms with Crippen molar-refractivity contribution in [2.24, 2.45) is 5.92 Å². The summed E-state index contributed by atoms with van der Waals surface area (Å²) in [4.78, 5) is 0. The molecule has 1 unspecified atom stereocenters. The summed E-state index contributed by atoms with van der Waals surface area (Å²) < 4.78 is 27.5. The van der Waals surface area contributed by atoms with Crippen LogP contribution in [0.15, 0.2) is 0 Å². The van der Waals surface area contributed by atoms with E-state index in [1.54, 1.807) is 0 Å². The molecule has 2 nitrogen and oxygen atoms in total. The van der Waals surface area contributed by atoms with E-state index >= 15 is 0 Å². The Kier molecular flexibility index (Phi) is 3.73. The molecule has 0 aromatic carbocycles. The van der Waals surface area contributed by atoms with Crippen LogP contribution >= 0.6 is 7.68 Å². The van der Waals surface area contributed by atoms with E-state index in [0.29, 0.717) is 12.5 Å². The van der Waals surface area contributed by atoms with Gasteiger partial charge in [0.25, 0.3) is 0 Å². The Morgan fingerprint density at radius 2 is 2.08 bits per heavy atom. The van der Waals surface area contributed by atoms with Gasteiger partial charge in [-0.1, -0.05) is 25.7 Å². The van der Waals surface area contributed by atoms with Crippen LogP contribution < -0.4 is 0 Å². The first-order valence-corrected chi connectivity index (χ1v) is 6.46. The average molecular weight is 194 g/mol. The van der Waals surface area contributed by atoms with Gasteiger partial charge in [-0.15, -0.1) is 0 Å². The molecule has 72 valence electrons. The maximum absolute atomic E-state index is 12.4. The van der Waals surface area contributed by atoms with Gasteiger partial charge in [0, 0.05) is 6.66 Å². The molecule has 0 radical (unpaired) electrons. The monoisotopic (exact) mass is 194 g/mol. The van der Waals surface area contributed by atoms with Gasteiger partial charge in [0.15, 0.2) is 0 Å². The number of hydrogen-bond donors (Lipinski definition) is 0. The van der Waals surface area contributed by atoms with Crippen LogP contribution in [0.2, 0.25) is 0 Å². The molecule has 0 aromatic heterocycles. The van der Waals surface area contributed by atoms with Gasteiger partial charge in [-0.2, -0.15) is 4.20 Å². The highest BCUT2D eigenvalue weighted by atomic mass is 31.2. The lowest BCUT2D eigenvalue weighted by molar-refractivity contribution is 0.262. The maximum atomic E-state index is 12.4. The number of rotatable bonds is 4. The predicted molar refractivity (Wildman–Crippen MR) is 47.2 cm³/mol. The summed E-state index contributed by atoms with van der Waals surface area (Å²) in [6.45, 7) is 1.33. The number of halogens is 1. The topological polar surface area (TPSA) is 26.3 Å². The summed E-state index contributed by atoms with van der Waals surface area (Å²) in [5.41, 5.74) is 0. The molecule has 0 spiro atoms. The summed E-state index contributed by atoms with van der Waals surface area (Å²) in [7, 11) is -3.72. The molecule has 1 saturated carbocycles. The second-order valence-electron chi connectivity index (χ2n) is 3.52. The third-order valence-corrected chi connectivity index (χ3v) is 2.97. The Hall–Kier alpha value is 0.120. The highest BCUT2D eigenvalue weighted by Gasteiger charge is 2.17. The first-order valence-electron chi connectivity index (χ1n) is 4.49. The van der Waals surface area contributed by atoms with Crippen LogP contribution in [0.3, 0.4) is 0 Å². The van der Waals surface area contributed by atoms with Gasteiger partial charge in [-0.25, -0.2) is 0 Å². The van der Waals surface area contributed by atoms with Crippen LogP contribution in [-0.2, 0) is 9.09 Å². The minimum Gasteiger partial charge on any atom is -0.306 e. The Morgan fingerprint density at radius 3 is 2.58 bits per heavy atom. The van der Waals surface area contributed by atoms with Crippen molar-refractivity contribution >= 4 is 7.68 Å². The van der Waals surface area contributed by atoms with Crippen molar-refractivity contribution in [2.45, 2.75) is 32.1 Å². The Labute approximate surface area is 73.1 Å². The predicted octanol–water partition coefficient (Wildman–Crippen LogP) is 3.38. The summed E-state index contributed by atoms with van der Waals surface area (Å²) >= 11 is 0. The smallest absolute Gasteiger partial charge is 0.306 e. The van der Waals surface area contributed by atoms with Crippen molar-refractivity contribution in [3.8, 4) is 0 Å². The quantitative estimate of drug-likeness (QED) is 0.641. The lowest BCUT2D eigenvalue weighted by Crippen LogP contribution is -1.98. The SMILES string of the molecule is CP(=O)(F)OCCC1CCCC1. The first kappa shape index (κ1) is 10.2. The Morgan fingerprint density at radius 1 is 1.50 bits per heavy atom. The van der Waals surface area contributed by atoms with E-state index in [-0.39, 0.29) is 0 Å². The van der Waals surface area contributed by atoms with Crippen LogP contribution in [0, 0.1) is 5.92 Å². The fourth-order valence-corrected chi connectivity index (χ4v) is 2.11. The minimum atomic E-state index is -3.72. The molecule has 0 heterocycles. The molecule has 0 amide bonds. The molecule has 0 N–H and O–H groups in total. The van der Waals surface area contributed by atoms with Crippen LogP contribution in [0.25, 0.3) is 0 Å². The first-order chi connectivity index (χ1) is 5.58. The zero-order valence-corrected chi connectivity index (χ0v) is 8.36. The van der Waals surface area contributed by atoms with Gasteiger partial charge < -0.3 is 4.52 Å². The van der Waals surface area contributed by atoms with E-state index in [9.17, 15) is 8.76 Å². The highest BCUT2D eigenvalue weighted by Crippen LogP contribution is 2.44. The Bertz CT molecular complexity index is 172. The molecule has 0 bridgehead atoms. The molecule has 1 rings (SSSR count). The summed E-state index contributed by atoms with van der Waals surface area (Å²) in [6.07, 6.45) is 5.88. The molecule has 1 aliphatic rings. The fraction of sp³-hybridized carbons (Fsp3) is 1.00. The minimum absolute atomic E-state index is 0.314. The molecular formula is C8H16FO2P. The zero-order chi connectivity index (χ0) is 9.03. The zero-order valence-electron chi connectivity index (χ0n) is 7.46. The fourth-order valence-electron chi connectivity index (χ4n) is 1.68. The molecule has 0 aromatic rings. The molecular weight excluding hydrogens is 178 g/mol. The van der Waals surface area contributed by atoms with Crippen molar-refractivity contribution in [1.29, 1.82) is 0 Å². The lowest BCUT2D eigenvalue weighted by atomic mass is 10.1. The highest BCUT2D eigenvalue weighted by molar-refractivity contribution is 7.52. The average Bonchev–Trinajstić information content (AvgIpc) is 2.36. The maximum Gasteiger partial charge on any atom is 0.364 e. The largest absolute Gasteiger partial charge is 0.364 e. The Balaban J connectivity index is 2.05. The normalized spacial score (nSPS) is 24.2. The standard InChI is InChI=1S/C8H16FO2P/c1-12(9,10)11-7-6-8-4-2-3-5-8/h8H,2-7H2,1H3. The van der Waals surface area contributed by atoms with Gasteiger partial charge >= 0.3 is 7.68 Å². The molecule has 1 fully saturated rings. The molecule has 4 heteroatoms. The summed E-state index contributed by atoms with van der Waals surface area (Å²) in [6, 6.07) is 0. The van der Waals surface area contributed by atoms with Gasteiger partial charge in [0.1, 0.15) is 0 Å². The van der Waals surface area contributed by atoms with E-state index in [2.05, 4.69) is 4.52 Å². The van der Waals surface area contributed by atoms with Crippen molar-refractivity contribution in [3.63, 3.8) is 0 Å². The van der Waals surface area contributed by atoms with E-state index in [1.165, 1.54) is 25.7 Å². The lowest BCUT2D eigenvalue weighted by Gasteiger charge is -2.09.